The monoisotopic (exact) mass is 1130 g/mol. The van der Waals surface area contributed by atoms with Crippen molar-refractivity contribution in [2.24, 2.45) is 46.3 Å². The van der Waals surface area contributed by atoms with Gasteiger partial charge in [-0.3, -0.25) is 19.3 Å². The molecular weight excluding hydrogens is 1030 g/mol. The van der Waals surface area contributed by atoms with Crippen LogP contribution in [0.25, 0.3) is 0 Å². The van der Waals surface area contributed by atoms with Gasteiger partial charge in [0.2, 0.25) is 0 Å². The predicted octanol–water partition coefficient (Wildman–Crippen LogP) is 4.88. The highest BCUT2D eigenvalue weighted by Gasteiger charge is 2.76. The van der Waals surface area contributed by atoms with E-state index in [-0.39, 0.29) is 94.4 Å². The number of cyclic esters (lactones) is 1. The first kappa shape index (κ1) is 64.0. The molecule has 25 atom stereocenters. The molecule has 0 aromatic rings. The van der Waals surface area contributed by atoms with E-state index in [0.29, 0.717) is 12.8 Å². The van der Waals surface area contributed by atoms with Gasteiger partial charge in [0.25, 0.3) is 5.91 Å². The fraction of sp³-hybridized carbons (Fsp3) is 0.881. The second-order valence-corrected chi connectivity index (χ2v) is 26.5. The molecular formula is C59H96F2N2O16. The van der Waals surface area contributed by atoms with E-state index in [1.165, 1.54) is 33.1 Å². The van der Waals surface area contributed by atoms with Crippen molar-refractivity contribution in [3.8, 4) is 0 Å². The summed E-state index contributed by atoms with van der Waals surface area (Å²) in [4.78, 5) is 43.5. The van der Waals surface area contributed by atoms with Crippen LogP contribution in [0.4, 0.5) is 8.78 Å². The number of methoxy groups -OCH3 is 1. The fourth-order valence-corrected chi connectivity index (χ4v) is 15.9. The Morgan fingerprint density at radius 2 is 1.57 bits per heavy atom. The van der Waals surface area contributed by atoms with Crippen molar-refractivity contribution in [3.63, 3.8) is 0 Å². The molecule has 0 radical (unpaired) electrons. The summed E-state index contributed by atoms with van der Waals surface area (Å²) in [6.45, 7) is 22.4. The van der Waals surface area contributed by atoms with Gasteiger partial charge in [-0.15, -0.1) is 0 Å². The van der Waals surface area contributed by atoms with Crippen LogP contribution in [0, 0.1) is 46.3 Å². The van der Waals surface area contributed by atoms with Crippen molar-refractivity contribution in [1.82, 2.24) is 10.2 Å². The molecule has 7 rings (SSSR count). The maximum absolute atomic E-state index is 17.9. The molecule has 0 aromatic carbocycles. The first-order valence-electron chi connectivity index (χ1n) is 29.2. The van der Waals surface area contributed by atoms with Crippen LogP contribution in [0.2, 0.25) is 0 Å². The fourth-order valence-electron chi connectivity index (χ4n) is 15.9. The number of amides is 1. The van der Waals surface area contributed by atoms with Gasteiger partial charge in [0.15, 0.2) is 29.6 Å². The van der Waals surface area contributed by atoms with Crippen molar-refractivity contribution < 1.29 is 87.3 Å². The van der Waals surface area contributed by atoms with Crippen molar-refractivity contribution in [1.29, 1.82) is 0 Å². The molecule has 0 spiro atoms. The summed E-state index contributed by atoms with van der Waals surface area (Å²) in [6, 6.07) is -0.827. The second kappa shape index (κ2) is 23.5. The smallest absolute Gasteiger partial charge is 0.311 e. The number of carbonyl (C=O) groups excluding carboxylic acids is 3. The lowest BCUT2D eigenvalue weighted by Gasteiger charge is -2.62. The number of aliphatic hydroxyl groups is 7. The Morgan fingerprint density at radius 1 is 0.899 bits per heavy atom. The molecule has 79 heavy (non-hydrogen) atoms. The number of ether oxygens (including phenoxy) is 6. The number of hydrogen-bond acceptors (Lipinski definition) is 17. The summed E-state index contributed by atoms with van der Waals surface area (Å²) in [6.07, 6.45) is -8.78. The minimum Gasteiger partial charge on any atom is -0.459 e. The number of hydrogen-bond donors (Lipinski definition) is 8. The number of carbonyl (C=O) groups is 3. The van der Waals surface area contributed by atoms with Crippen LogP contribution < -0.4 is 5.32 Å². The number of aliphatic hydroxyl groups excluding tert-OH is 4. The number of halogens is 2. The third-order valence-corrected chi connectivity index (χ3v) is 20.8. The van der Waals surface area contributed by atoms with Crippen molar-refractivity contribution in [2.75, 3.05) is 26.7 Å². The molecule has 18 nitrogen and oxygen atoms in total. The van der Waals surface area contributed by atoms with Crippen LogP contribution in [0.1, 0.15) is 154 Å². The molecule has 4 aliphatic carbocycles. The van der Waals surface area contributed by atoms with Crippen LogP contribution in [0.3, 0.4) is 0 Å². The van der Waals surface area contributed by atoms with Crippen LogP contribution >= 0.6 is 0 Å². The third kappa shape index (κ3) is 11.3. The van der Waals surface area contributed by atoms with Gasteiger partial charge in [-0.2, -0.15) is 0 Å². The first-order chi connectivity index (χ1) is 36.6. The lowest BCUT2D eigenvalue weighted by Crippen LogP contribution is -2.70. The van der Waals surface area contributed by atoms with Gasteiger partial charge >= 0.3 is 5.97 Å². The van der Waals surface area contributed by atoms with E-state index in [2.05, 4.69) is 5.32 Å². The van der Waals surface area contributed by atoms with Gasteiger partial charge < -0.3 is 69.5 Å². The molecule has 8 N–H and O–H groups in total. The third-order valence-electron chi connectivity index (χ3n) is 20.8. The van der Waals surface area contributed by atoms with E-state index in [4.69, 9.17) is 28.4 Å². The van der Waals surface area contributed by atoms with Gasteiger partial charge in [0, 0.05) is 74.7 Å². The van der Waals surface area contributed by atoms with E-state index in [0.717, 1.165) is 0 Å². The van der Waals surface area contributed by atoms with Crippen molar-refractivity contribution in [3.05, 3.63) is 23.6 Å². The molecule has 0 bridgehead atoms. The minimum atomic E-state index is -2.37. The number of rotatable bonds is 11. The highest BCUT2D eigenvalue weighted by Crippen LogP contribution is 2.71. The number of allylic oxidation sites excluding steroid dienone is 4. The van der Waals surface area contributed by atoms with E-state index in [1.807, 2.05) is 18.7 Å². The van der Waals surface area contributed by atoms with Crippen molar-refractivity contribution in [2.45, 2.75) is 256 Å². The Hall–Kier alpha value is -2.57. The standard InChI is InChI=1S/C59H96F2N2O16/c1-15-44-57(13,72)47(67)35(7)63(22-16-21-62-52(70)59(73)31(3)23-38-39-25-41(60)40-24-37(64)19-20-53(40,9)58(39,61)43(66)27-54(38,59)10)29-30(2)26-55(11,71)49(79-51-42(65)18-17-32(4)75-51)33(5)46(34(6)50(69)77-44)78-45-28-56(12,74-14)48(68)36(8)76-45/h19-20,30-36,38-39,42-49,51,65-68,71-73H,15-18,21-29H2,1-14H3,(H,62,70)/t30-,31-,32-,33+,34-,35-,36+,38?,39?,42-,43+,44-,45+,46+,47-,48+,49-,51+,53+,54+,55-,56-,57-,58+,59+/m1/s1. The van der Waals surface area contributed by atoms with Crippen LogP contribution in [-0.2, 0) is 42.8 Å². The van der Waals surface area contributed by atoms with Gasteiger partial charge in [-0.25, -0.2) is 8.78 Å². The minimum absolute atomic E-state index is 0.0170. The summed E-state index contributed by atoms with van der Waals surface area (Å²) in [5.74, 6) is -7.36. The molecule has 2 unspecified atom stereocenters. The predicted molar refractivity (Wildman–Crippen MR) is 286 cm³/mol. The van der Waals surface area contributed by atoms with E-state index < -0.39 is 154 Å². The first-order valence-corrected chi connectivity index (χ1v) is 29.2. The zero-order valence-electron chi connectivity index (χ0n) is 49.2. The Kier molecular flexibility index (Phi) is 19.0. The van der Waals surface area contributed by atoms with Gasteiger partial charge in [-0.05, 0) is 130 Å². The normalized spacial score (nSPS) is 50.4. The van der Waals surface area contributed by atoms with E-state index in [9.17, 15) is 50.1 Å². The maximum atomic E-state index is 17.9. The highest BCUT2D eigenvalue weighted by atomic mass is 19.1. The molecule has 1 amide bonds. The molecule has 2 saturated carbocycles. The highest BCUT2D eigenvalue weighted by molar-refractivity contribution is 5.94. The van der Waals surface area contributed by atoms with E-state index >= 15 is 8.78 Å². The molecule has 3 aliphatic heterocycles. The number of fused-ring (bicyclic) bond motifs is 5. The number of esters is 1. The lowest BCUT2D eigenvalue weighted by atomic mass is 9.45. The topological polar surface area (TPSA) is 263 Å². The maximum Gasteiger partial charge on any atom is 0.311 e. The number of alkyl halides is 1. The average Bonchev–Trinajstić information content (AvgIpc) is 3.87. The van der Waals surface area contributed by atoms with Gasteiger partial charge in [0.05, 0.1) is 47.6 Å². The van der Waals surface area contributed by atoms with E-state index in [1.54, 1.807) is 62.3 Å². The van der Waals surface area contributed by atoms with Crippen LogP contribution in [0.5, 0.6) is 0 Å². The molecule has 5 fully saturated rings. The van der Waals surface area contributed by atoms with Gasteiger partial charge in [-0.1, -0.05) is 40.7 Å². The molecule has 3 saturated heterocycles. The van der Waals surface area contributed by atoms with Crippen LogP contribution in [0.15, 0.2) is 23.6 Å². The molecule has 0 aromatic heterocycles. The largest absolute Gasteiger partial charge is 0.459 e. The van der Waals surface area contributed by atoms with Crippen molar-refractivity contribution >= 4 is 17.7 Å². The summed E-state index contributed by atoms with van der Waals surface area (Å²) in [7, 11) is 1.48. The zero-order valence-corrected chi connectivity index (χ0v) is 49.2. The molecule has 20 heteroatoms. The zero-order chi connectivity index (χ0) is 58.9. The summed E-state index contributed by atoms with van der Waals surface area (Å²) in [5.41, 5.74) is -12.3. The number of nitrogens with zero attached hydrogens (tertiary/aromatic N) is 1. The number of ketones is 1. The molecule has 7 aliphatic rings. The summed E-state index contributed by atoms with van der Waals surface area (Å²) in [5, 5.41) is 87.3. The Bertz CT molecular complexity index is 2270. The second-order valence-electron chi connectivity index (χ2n) is 26.5. The van der Waals surface area contributed by atoms with Crippen LogP contribution in [-0.4, -0.2) is 187 Å². The number of nitrogens with one attached hydrogen (secondary N) is 1. The average molecular weight is 1130 g/mol. The Morgan fingerprint density at radius 3 is 2.22 bits per heavy atom. The molecule has 452 valence electrons. The Balaban J connectivity index is 1.15. The summed E-state index contributed by atoms with van der Waals surface area (Å²) < 4.78 is 71.7. The molecule has 3 heterocycles. The SMILES string of the molecule is CC[C@H]1OC(=O)[C@H](C)[C@@H](O[C@H]2C[C@@](C)(OC)[C@@H](O)[C@H](C)O2)[C@H](C)[C@@H](O[C@@H]2O[C@H](C)CC[C@H]2O)[C@](C)(O)C[C@@H](C)CN(CCCNC(=O)[C@@]2(O)[C@H](C)CC3C4CC(F)=C5CC(=O)C=C[C@]5(C)[C@@]4(F)[C@@H](O)C[C@@]32C)[C@H](C)[C@@H](O)[C@]1(C)O. The van der Waals surface area contributed by atoms with Gasteiger partial charge in [0.1, 0.15) is 35.8 Å². The summed E-state index contributed by atoms with van der Waals surface area (Å²) >= 11 is 0. The lowest BCUT2D eigenvalue weighted by molar-refractivity contribution is -0.314. The Labute approximate surface area is 466 Å². The quantitative estimate of drug-likeness (QED) is 0.101.